The van der Waals surface area contributed by atoms with E-state index in [4.69, 9.17) is 0 Å². The van der Waals surface area contributed by atoms with Crippen LogP contribution in [0.2, 0.25) is 0 Å². The molecule has 27 heavy (non-hydrogen) atoms. The average molecular weight is 400 g/mol. The minimum Gasteiger partial charge on any atom is -0.406 e. The lowest BCUT2D eigenvalue weighted by Crippen LogP contribution is -2.41. The van der Waals surface area contributed by atoms with Crippen LogP contribution >= 0.6 is 0 Å². The largest absolute Gasteiger partial charge is 0.573 e. The monoisotopic (exact) mass is 400 g/mol. The van der Waals surface area contributed by atoms with Gasteiger partial charge >= 0.3 is 18.6 Å². The zero-order chi connectivity index (χ0) is 20.5. The number of urea groups is 1. The number of hydrogen-bond acceptors (Lipinski definition) is 4. The number of nitrogens with one attached hydrogen (secondary N) is 1. The van der Waals surface area contributed by atoms with Crippen LogP contribution in [0.3, 0.4) is 0 Å². The van der Waals surface area contributed by atoms with E-state index in [1.165, 1.54) is 19.1 Å². The van der Waals surface area contributed by atoms with Crippen molar-refractivity contribution in [3.63, 3.8) is 0 Å². The number of nitrogens with zero attached hydrogens (tertiary/aromatic N) is 1. The van der Waals surface area contributed by atoms with Gasteiger partial charge in [-0.25, -0.2) is 4.79 Å². The lowest BCUT2D eigenvalue weighted by atomic mass is 9.92. The smallest absolute Gasteiger partial charge is 0.406 e. The molecule has 3 amide bonds. The van der Waals surface area contributed by atoms with Gasteiger partial charge in [-0.2, -0.15) is 13.2 Å². The number of carbonyl (C=O) groups is 2. The van der Waals surface area contributed by atoms with Gasteiger partial charge < -0.3 is 14.8 Å². The Kier molecular flexibility index (Phi) is 5.59. The summed E-state index contributed by atoms with van der Waals surface area (Å²) < 4.78 is 80.7. The Labute approximate surface area is 149 Å². The van der Waals surface area contributed by atoms with E-state index in [1.54, 1.807) is 0 Å². The van der Waals surface area contributed by atoms with E-state index in [2.05, 4.69) is 14.8 Å². The molecule has 1 saturated heterocycles. The van der Waals surface area contributed by atoms with Crippen LogP contribution in [0.15, 0.2) is 24.3 Å². The summed E-state index contributed by atoms with van der Waals surface area (Å²) in [6, 6.07) is 3.44. The number of halogens is 6. The molecule has 1 aromatic rings. The molecule has 0 spiro atoms. The van der Waals surface area contributed by atoms with Gasteiger partial charge in [-0.05, 0) is 24.6 Å². The average Bonchev–Trinajstić information content (AvgIpc) is 2.73. The van der Waals surface area contributed by atoms with Crippen molar-refractivity contribution in [2.24, 2.45) is 0 Å². The summed E-state index contributed by atoms with van der Waals surface area (Å²) in [5.74, 6) is -1.28. The van der Waals surface area contributed by atoms with Crippen molar-refractivity contribution in [2.45, 2.75) is 25.0 Å². The van der Waals surface area contributed by atoms with Gasteiger partial charge in [-0.15, -0.1) is 13.2 Å². The van der Waals surface area contributed by atoms with Crippen LogP contribution in [-0.2, 0) is 15.1 Å². The SMILES string of the molecule is CC1(c2ccc(OC(F)(F)F)cc2)NC(=O)N(CCOCC(F)(F)F)C1=O. The third-order valence-electron chi connectivity index (χ3n) is 3.67. The molecule has 0 aliphatic carbocycles. The van der Waals surface area contributed by atoms with E-state index in [-0.39, 0.29) is 5.56 Å². The van der Waals surface area contributed by atoms with Crippen LogP contribution in [0, 0.1) is 0 Å². The highest BCUT2D eigenvalue weighted by Gasteiger charge is 2.48. The number of alkyl halides is 6. The highest BCUT2D eigenvalue weighted by Crippen LogP contribution is 2.31. The van der Waals surface area contributed by atoms with Crippen molar-refractivity contribution < 1.29 is 45.4 Å². The molecule has 0 aromatic heterocycles. The maximum Gasteiger partial charge on any atom is 0.573 e. The fourth-order valence-corrected chi connectivity index (χ4v) is 2.43. The molecule has 1 aliphatic rings. The molecule has 1 heterocycles. The Hall–Kier alpha value is -2.50. The molecule has 1 atom stereocenters. The maximum atomic E-state index is 12.5. The van der Waals surface area contributed by atoms with Crippen molar-refractivity contribution in [3.05, 3.63) is 29.8 Å². The zero-order valence-corrected chi connectivity index (χ0v) is 13.8. The summed E-state index contributed by atoms with van der Waals surface area (Å²) in [5, 5.41) is 2.37. The Morgan fingerprint density at radius 1 is 1.07 bits per heavy atom. The predicted molar refractivity (Wildman–Crippen MR) is 77.6 cm³/mol. The third-order valence-corrected chi connectivity index (χ3v) is 3.67. The first-order valence-electron chi connectivity index (χ1n) is 7.47. The lowest BCUT2D eigenvalue weighted by Gasteiger charge is -2.22. The van der Waals surface area contributed by atoms with E-state index in [0.29, 0.717) is 4.90 Å². The molecule has 0 saturated carbocycles. The van der Waals surface area contributed by atoms with Crippen LogP contribution < -0.4 is 10.1 Å². The number of ether oxygens (including phenoxy) is 2. The molecular weight excluding hydrogens is 386 g/mol. The number of benzene rings is 1. The van der Waals surface area contributed by atoms with Gasteiger partial charge in [0.2, 0.25) is 0 Å². The van der Waals surface area contributed by atoms with Crippen LogP contribution in [0.5, 0.6) is 5.75 Å². The van der Waals surface area contributed by atoms with E-state index < -0.39 is 55.5 Å². The molecule has 0 bridgehead atoms. The first kappa shape index (κ1) is 20.8. The number of rotatable bonds is 6. The summed E-state index contributed by atoms with van der Waals surface area (Å²) in [4.78, 5) is 25.1. The van der Waals surface area contributed by atoms with E-state index in [0.717, 1.165) is 12.1 Å². The second-order valence-corrected chi connectivity index (χ2v) is 5.75. The van der Waals surface area contributed by atoms with Crippen molar-refractivity contribution in [2.75, 3.05) is 19.8 Å². The van der Waals surface area contributed by atoms with E-state index in [1.807, 2.05) is 0 Å². The fourth-order valence-electron chi connectivity index (χ4n) is 2.43. The maximum absolute atomic E-state index is 12.5. The second-order valence-electron chi connectivity index (χ2n) is 5.75. The molecule has 6 nitrogen and oxygen atoms in total. The molecule has 0 radical (unpaired) electrons. The zero-order valence-electron chi connectivity index (χ0n) is 13.8. The fraction of sp³-hybridized carbons (Fsp3) is 0.467. The van der Waals surface area contributed by atoms with Gasteiger partial charge in [0.05, 0.1) is 13.2 Å². The molecule has 1 aliphatic heterocycles. The third kappa shape index (κ3) is 5.25. The van der Waals surface area contributed by atoms with Crippen LogP contribution in [0.1, 0.15) is 12.5 Å². The van der Waals surface area contributed by atoms with Gasteiger partial charge in [0.1, 0.15) is 17.9 Å². The van der Waals surface area contributed by atoms with Crippen molar-refractivity contribution in [1.29, 1.82) is 0 Å². The van der Waals surface area contributed by atoms with Gasteiger partial charge in [0.15, 0.2) is 0 Å². The van der Waals surface area contributed by atoms with Crippen molar-refractivity contribution >= 4 is 11.9 Å². The second kappa shape index (κ2) is 7.25. The lowest BCUT2D eigenvalue weighted by molar-refractivity contribution is -0.274. The van der Waals surface area contributed by atoms with E-state index >= 15 is 0 Å². The summed E-state index contributed by atoms with van der Waals surface area (Å²) in [6.45, 7) is -1.13. The highest BCUT2D eigenvalue weighted by molar-refractivity contribution is 6.07. The Bertz CT molecular complexity index is 704. The number of hydrogen-bond donors (Lipinski definition) is 1. The number of imide groups is 1. The molecule has 1 fully saturated rings. The predicted octanol–water partition coefficient (Wildman–Crippen LogP) is 2.93. The molecule has 1 unspecified atom stereocenters. The van der Waals surface area contributed by atoms with Crippen molar-refractivity contribution in [1.82, 2.24) is 10.2 Å². The highest BCUT2D eigenvalue weighted by atomic mass is 19.4. The normalized spacial score (nSPS) is 20.8. The molecule has 150 valence electrons. The molecule has 2 rings (SSSR count). The quantitative estimate of drug-likeness (QED) is 0.453. The first-order chi connectivity index (χ1) is 12.3. The topological polar surface area (TPSA) is 67.9 Å². The van der Waals surface area contributed by atoms with Gasteiger partial charge in [-0.3, -0.25) is 9.69 Å². The Morgan fingerprint density at radius 3 is 2.19 bits per heavy atom. The van der Waals surface area contributed by atoms with Gasteiger partial charge in [0, 0.05) is 0 Å². The van der Waals surface area contributed by atoms with E-state index in [9.17, 15) is 35.9 Å². The molecule has 1 N–H and O–H groups in total. The minimum absolute atomic E-state index is 0.175. The number of amides is 3. The Balaban J connectivity index is 2.05. The Morgan fingerprint density at radius 2 is 1.67 bits per heavy atom. The van der Waals surface area contributed by atoms with Crippen LogP contribution in [0.25, 0.3) is 0 Å². The molecule has 1 aromatic carbocycles. The summed E-state index contributed by atoms with van der Waals surface area (Å²) >= 11 is 0. The minimum atomic E-state index is -4.88. The molecular formula is C15H14F6N2O4. The summed E-state index contributed by atoms with van der Waals surface area (Å²) in [6.07, 6.45) is -9.41. The molecule has 12 heteroatoms. The standard InChI is InChI=1S/C15H14F6N2O4/c1-13(9-2-4-10(5-3-9)27-15(19,20)21)11(24)23(12(25)22-13)6-7-26-8-14(16,17)18/h2-5H,6-8H2,1H3,(H,22,25). The summed E-state index contributed by atoms with van der Waals surface area (Å²) in [7, 11) is 0. The van der Waals surface area contributed by atoms with Crippen LogP contribution in [0.4, 0.5) is 31.1 Å². The van der Waals surface area contributed by atoms with Gasteiger partial charge in [-0.1, -0.05) is 12.1 Å². The summed E-state index contributed by atoms with van der Waals surface area (Å²) in [5.41, 5.74) is -1.41. The number of carbonyl (C=O) groups excluding carboxylic acids is 2. The van der Waals surface area contributed by atoms with Crippen LogP contribution in [-0.4, -0.2) is 49.1 Å². The first-order valence-corrected chi connectivity index (χ1v) is 7.47. The van der Waals surface area contributed by atoms with Crippen molar-refractivity contribution in [3.8, 4) is 5.75 Å². The van der Waals surface area contributed by atoms with Gasteiger partial charge in [0.25, 0.3) is 5.91 Å².